The molecule has 0 amide bonds. The molecule has 1 aromatic rings. The Labute approximate surface area is 113 Å². The van der Waals surface area contributed by atoms with Gasteiger partial charge in [0, 0.05) is 12.0 Å². The molecule has 0 saturated heterocycles. The Morgan fingerprint density at radius 2 is 2.05 bits per heavy atom. The minimum Gasteiger partial charge on any atom is -0.448 e. The van der Waals surface area contributed by atoms with E-state index in [-0.39, 0.29) is 5.92 Å². The molecule has 0 heterocycles. The van der Waals surface area contributed by atoms with Crippen LogP contribution in [0.2, 0.25) is 0 Å². The van der Waals surface area contributed by atoms with Crippen molar-refractivity contribution in [3.05, 3.63) is 48.6 Å². The summed E-state index contributed by atoms with van der Waals surface area (Å²) in [5, 5.41) is 0. The largest absolute Gasteiger partial charge is 0.448 e. The molecular weight excluding hydrogens is 240 g/mol. The van der Waals surface area contributed by atoms with Crippen LogP contribution in [0.25, 0.3) is 0 Å². The van der Waals surface area contributed by atoms with Crippen LogP contribution in [-0.4, -0.2) is 17.9 Å². The number of aldehydes is 1. The fourth-order valence-corrected chi connectivity index (χ4v) is 2.82. The molecule has 0 bridgehead atoms. The standard InChI is InChI=1S/C16H18O3/c1-2-15(18)19-16(12-17)11-7-6-10-14(16)13-8-4-3-5-9-13/h2-5,8-9,12,14H,1,6-7,10-11H2. The lowest BCUT2D eigenvalue weighted by molar-refractivity contribution is -0.163. The maximum Gasteiger partial charge on any atom is 0.331 e. The van der Waals surface area contributed by atoms with Crippen LogP contribution in [0.1, 0.15) is 37.2 Å². The molecule has 1 saturated carbocycles. The summed E-state index contributed by atoms with van der Waals surface area (Å²) in [6, 6.07) is 9.78. The quantitative estimate of drug-likeness (QED) is 0.473. The predicted octanol–water partition coefficient (Wildman–Crippen LogP) is 3.01. The van der Waals surface area contributed by atoms with Crippen LogP contribution in [0, 0.1) is 0 Å². The second kappa shape index (κ2) is 5.83. The maximum absolute atomic E-state index is 11.6. The van der Waals surface area contributed by atoms with Gasteiger partial charge in [0.2, 0.25) is 0 Å². The van der Waals surface area contributed by atoms with Crippen LogP contribution in [0.4, 0.5) is 0 Å². The highest BCUT2D eigenvalue weighted by Gasteiger charge is 2.44. The van der Waals surface area contributed by atoms with Crippen molar-refractivity contribution < 1.29 is 14.3 Å². The van der Waals surface area contributed by atoms with Crippen LogP contribution in [0.15, 0.2) is 43.0 Å². The molecule has 3 nitrogen and oxygen atoms in total. The van der Waals surface area contributed by atoms with E-state index in [1.54, 1.807) is 0 Å². The van der Waals surface area contributed by atoms with Gasteiger partial charge in [0.25, 0.3) is 0 Å². The first-order valence-corrected chi connectivity index (χ1v) is 6.58. The van der Waals surface area contributed by atoms with Crippen molar-refractivity contribution in [1.82, 2.24) is 0 Å². The lowest BCUT2D eigenvalue weighted by Crippen LogP contribution is -2.44. The third kappa shape index (κ3) is 2.75. The van der Waals surface area contributed by atoms with E-state index in [0.717, 1.165) is 37.2 Å². The van der Waals surface area contributed by atoms with Gasteiger partial charge in [0.05, 0.1) is 0 Å². The van der Waals surface area contributed by atoms with Crippen molar-refractivity contribution in [3.8, 4) is 0 Å². The Morgan fingerprint density at radius 3 is 2.68 bits per heavy atom. The molecule has 0 radical (unpaired) electrons. The Bertz CT molecular complexity index is 466. The van der Waals surface area contributed by atoms with Crippen molar-refractivity contribution >= 4 is 12.3 Å². The van der Waals surface area contributed by atoms with Gasteiger partial charge in [-0.3, -0.25) is 4.79 Å². The van der Waals surface area contributed by atoms with E-state index < -0.39 is 11.6 Å². The van der Waals surface area contributed by atoms with E-state index in [1.807, 2.05) is 30.3 Å². The molecule has 2 rings (SSSR count). The molecule has 19 heavy (non-hydrogen) atoms. The highest BCUT2D eigenvalue weighted by molar-refractivity contribution is 5.84. The number of hydrogen-bond donors (Lipinski definition) is 0. The maximum atomic E-state index is 11.6. The molecule has 1 aromatic carbocycles. The second-order valence-electron chi connectivity index (χ2n) is 4.91. The lowest BCUT2D eigenvalue weighted by atomic mass is 9.72. The molecule has 0 spiro atoms. The van der Waals surface area contributed by atoms with Crippen molar-refractivity contribution in [2.75, 3.05) is 0 Å². The smallest absolute Gasteiger partial charge is 0.331 e. The molecule has 1 fully saturated rings. The first kappa shape index (κ1) is 13.5. The zero-order chi connectivity index (χ0) is 13.7. The zero-order valence-corrected chi connectivity index (χ0v) is 10.9. The van der Waals surface area contributed by atoms with Gasteiger partial charge in [-0.05, 0) is 24.8 Å². The molecule has 0 N–H and O–H groups in total. The summed E-state index contributed by atoms with van der Waals surface area (Å²) in [7, 11) is 0. The zero-order valence-electron chi connectivity index (χ0n) is 10.9. The van der Waals surface area contributed by atoms with Gasteiger partial charge in [0.15, 0.2) is 11.9 Å². The molecule has 0 aliphatic heterocycles. The monoisotopic (exact) mass is 258 g/mol. The van der Waals surface area contributed by atoms with Crippen molar-refractivity contribution in [2.24, 2.45) is 0 Å². The van der Waals surface area contributed by atoms with Gasteiger partial charge in [-0.15, -0.1) is 0 Å². The first-order valence-electron chi connectivity index (χ1n) is 6.58. The normalized spacial score (nSPS) is 26.4. The molecule has 100 valence electrons. The average Bonchev–Trinajstić information content (AvgIpc) is 2.48. The molecular formula is C16H18O3. The number of rotatable bonds is 4. The van der Waals surface area contributed by atoms with E-state index in [1.165, 1.54) is 0 Å². The Hall–Kier alpha value is -1.90. The van der Waals surface area contributed by atoms with Crippen molar-refractivity contribution in [1.29, 1.82) is 0 Å². The summed E-state index contributed by atoms with van der Waals surface area (Å²) in [4.78, 5) is 23.1. The predicted molar refractivity (Wildman–Crippen MR) is 72.7 cm³/mol. The Kier molecular flexibility index (Phi) is 4.15. The molecule has 1 aliphatic rings. The summed E-state index contributed by atoms with van der Waals surface area (Å²) in [5.74, 6) is -0.598. The number of benzene rings is 1. The van der Waals surface area contributed by atoms with Crippen LogP contribution < -0.4 is 0 Å². The van der Waals surface area contributed by atoms with Crippen LogP contribution >= 0.6 is 0 Å². The fourth-order valence-electron chi connectivity index (χ4n) is 2.82. The molecule has 2 atom stereocenters. The third-order valence-electron chi connectivity index (χ3n) is 3.76. The number of ether oxygens (including phenoxy) is 1. The highest BCUT2D eigenvalue weighted by Crippen LogP contribution is 2.42. The van der Waals surface area contributed by atoms with Crippen molar-refractivity contribution in [2.45, 2.75) is 37.2 Å². The van der Waals surface area contributed by atoms with Gasteiger partial charge in [-0.2, -0.15) is 0 Å². The van der Waals surface area contributed by atoms with E-state index >= 15 is 0 Å². The number of carbonyl (C=O) groups is 2. The minimum atomic E-state index is -1.04. The van der Waals surface area contributed by atoms with Gasteiger partial charge in [-0.1, -0.05) is 43.3 Å². The molecule has 3 heteroatoms. The van der Waals surface area contributed by atoms with Crippen LogP contribution in [0.5, 0.6) is 0 Å². The SMILES string of the molecule is C=CC(=O)OC1(C=O)CCCCC1c1ccccc1. The Morgan fingerprint density at radius 1 is 1.32 bits per heavy atom. The van der Waals surface area contributed by atoms with Gasteiger partial charge >= 0.3 is 5.97 Å². The minimum absolute atomic E-state index is 0.0659. The summed E-state index contributed by atoms with van der Waals surface area (Å²) >= 11 is 0. The fraction of sp³-hybridized carbons (Fsp3) is 0.375. The summed E-state index contributed by atoms with van der Waals surface area (Å²) in [6.07, 6.45) is 5.28. The summed E-state index contributed by atoms with van der Waals surface area (Å²) in [5.41, 5.74) is 0.0105. The number of carbonyl (C=O) groups excluding carboxylic acids is 2. The van der Waals surface area contributed by atoms with E-state index in [9.17, 15) is 9.59 Å². The van der Waals surface area contributed by atoms with E-state index in [0.29, 0.717) is 6.42 Å². The van der Waals surface area contributed by atoms with Gasteiger partial charge in [0.1, 0.15) is 0 Å². The topological polar surface area (TPSA) is 43.4 Å². The summed E-state index contributed by atoms with van der Waals surface area (Å²) < 4.78 is 5.42. The van der Waals surface area contributed by atoms with Gasteiger partial charge in [-0.25, -0.2) is 4.79 Å². The Balaban J connectivity index is 2.34. The van der Waals surface area contributed by atoms with Crippen LogP contribution in [0.3, 0.4) is 0 Å². The lowest BCUT2D eigenvalue weighted by Gasteiger charge is -2.39. The van der Waals surface area contributed by atoms with Crippen LogP contribution in [-0.2, 0) is 14.3 Å². The van der Waals surface area contributed by atoms with Gasteiger partial charge < -0.3 is 4.74 Å². The third-order valence-corrected chi connectivity index (χ3v) is 3.76. The van der Waals surface area contributed by atoms with E-state index in [4.69, 9.17) is 4.74 Å². The molecule has 2 unspecified atom stereocenters. The van der Waals surface area contributed by atoms with Crippen molar-refractivity contribution in [3.63, 3.8) is 0 Å². The number of hydrogen-bond acceptors (Lipinski definition) is 3. The average molecular weight is 258 g/mol. The number of esters is 1. The second-order valence-corrected chi connectivity index (χ2v) is 4.91. The summed E-state index contributed by atoms with van der Waals surface area (Å²) in [6.45, 7) is 3.40. The molecule has 0 aromatic heterocycles. The molecule has 1 aliphatic carbocycles. The highest BCUT2D eigenvalue weighted by atomic mass is 16.6. The first-order chi connectivity index (χ1) is 9.22. The van der Waals surface area contributed by atoms with E-state index in [2.05, 4.69) is 6.58 Å².